The van der Waals surface area contributed by atoms with Crippen molar-refractivity contribution in [3.8, 4) is 0 Å². The van der Waals surface area contributed by atoms with Crippen LogP contribution in [0.3, 0.4) is 0 Å². The lowest BCUT2D eigenvalue weighted by molar-refractivity contribution is 0.0827. The van der Waals surface area contributed by atoms with Crippen LogP contribution >= 0.6 is 11.3 Å². The van der Waals surface area contributed by atoms with Gasteiger partial charge in [-0.15, -0.1) is 11.3 Å². The van der Waals surface area contributed by atoms with Crippen LogP contribution in [0.5, 0.6) is 0 Å². The number of anilines is 2. The lowest BCUT2D eigenvalue weighted by Crippen LogP contribution is -2.22. The van der Waals surface area contributed by atoms with Gasteiger partial charge in [-0.25, -0.2) is 0 Å². The summed E-state index contributed by atoms with van der Waals surface area (Å²) in [6, 6.07) is 11.6. The maximum atomic E-state index is 12.7. The van der Waals surface area contributed by atoms with Gasteiger partial charge in [0.1, 0.15) is 4.88 Å². The van der Waals surface area contributed by atoms with Gasteiger partial charge in [-0.1, -0.05) is 6.07 Å². The third-order valence-corrected chi connectivity index (χ3v) is 4.75. The summed E-state index contributed by atoms with van der Waals surface area (Å²) in [7, 11) is 3.33. The molecule has 0 atom stereocenters. The zero-order valence-corrected chi connectivity index (χ0v) is 16.1. The molecule has 0 radical (unpaired) electrons. The molecule has 3 aromatic rings. The van der Waals surface area contributed by atoms with Crippen molar-refractivity contribution >= 4 is 40.4 Å². The molecular formula is C20H18N4O3S. The number of rotatable bonds is 5. The molecule has 0 saturated carbocycles. The van der Waals surface area contributed by atoms with Crippen molar-refractivity contribution in [1.29, 1.82) is 0 Å². The SMILES string of the molecule is CN(C)C(=O)c1cccc(NC(=O)c2sccc2NC(=O)c2ccncc2)c1. The van der Waals surface area contributed by atoms with Gasteiger partial charge in [0.05, 0.1) is 5.69 Å². The van der Waals surface area contributed by atoms with Crippen LogP contribution in [0, 0.1) is 0 Å². The van der Waals surface area contributed by atoms with Crippen molar-refractivity contribution in [3.05, 3.63) is 76.2 Å². The molecule has 28 heavy (non-hydrogen) atoms. The van der Waals surface area contributed by atoms with E-state index < -0.39 is 0 Å². The number of hydrogen-bond donors (Lipinski definition) is 2. The zero-order valence-electron chi connectivity index (χ0n) is 15.3. The Balaban J connectivity index is 1.74. The highest BCUT2D eigenvalue weighted by Crippen LogP contribution is 2.24. The maximum absolute atomic E-state index is 12.7. The number of benzene rings is 1. The fraction of sp³-hybridized carbons (Fsp3) is 0.100. The van der Waals surface area contributed by atoms with Gasteiger partial charge in [0, 0.05) is 43.3 Å². The first kappa shape index (κ1) is 19.2. The van der Waals surface area contributed by atoms with E-state index in [0.29, 0.717) is 27.4 Å². The number of carbonyl (C=O) groups excluding carboxylic acids is 3. The molecule has 0 unspecified atom stereocenters. The van der Waals surface area contributed by atoms with Crippen LogP contribution in [0.15, 0.2) is 60.2 Å². The smallest absolute Gasteiger partial charge is 0.267 e. The average molecular weight is 394 g/mol. The van der Waals surface area contributed by atoms with Crippen LogP contribution in [0.4, 0.5) is 11.4 Å². The van der Waals surface area contributed by atoms with Gasteiger partial charge < -0.3 is 15.5 Å². The molecule has 0 aliphatic heterocycles. The minimum absolute atomic E-state index is 0.155. The third-order valence-electron chi connectivity index (χ3n) is 3.84. The van der Waals surface area contributed by atoms with Crippen molar-refractivity contribution in [2.24, 2.45) is 0 Å². The largest absolute Gasteiger partial charge is 0.345 e. The Morgan fingerprint density at radius 3 is 2.39 bits per heavy atom. The second-order valence-electron chi connectivity index (χ2n) is 6.09. The Kier molecular flexibility index (Phi) is 5.81. The number of aromatic nitrogens is 1. The Morgan fingerprint density at radius 1 is 0.929 bits per heavy atom. The molecule has 2 aromatic heterocycles. The Labute approximate surface area is 166 Å². The Hall–Kier alpha value is -3.52. The lowest BCUT2D eigenvalue weighted by atomic mass is 10.2. The summed E-state index contributed by atoms with van der Waals surface area (Å²) in [5.74, 6) is -0.847. The summed E-state index contributed by atoms with van der Waals surface area (Å²) in [6.07, 6.45) is 3.05. The number of nitrogens with zero attached hydrogens (tertiary/aromatic N) is 2. The maximum Gasteiger partial charge on any atom is 0.267 e. The molecule has 3 amide bonds. The number of carbonyl (C=O) groups is 3. The van der Waals surface area contributed by atoms with Crippen LogP contribution < -0.4 is 10.6 Å². The summed E-state index contributed by atoms with van der Waals surface area (Å²) < 4.78 is 0. The predicted molar refractivity (Wildman–Crippen MR) is 109 cm³/mol. The molecule has 0 aliphatic carbocycles. The predicted octanol–water partition coefficient (Wildman–Crippen LogP) is 3.35. The molecule has 0 spiro atoms. The second-order valence-corrected chi connectivity index (χ2v) is 7.00. The monoisotopic (exact) mass is 394 g/mol. The number of nitrogens with one attached hydrogen (secondary N) is 2. The minimum Gasteiger partial charge on any atom is -0.345 e. The second kappa shape index (κ2) is 8.45. The van der Waals surface area contributed by atoms with Crippen molar-refractivity contribution in [3.63, 3.8) is 0 Å². The summed E-state index contributed by atoms with van der Waals surface area (Å²) in [6.45, 7) is 0. The van der Waals surface area contributed by atoms with Crippen LogP contribution in [0.25, 0.3) is 0 Å². The molecular weight excluding hydrogens is 376 g/mol. The number of pyridine rings is 1. The first-order chi connectivity index (χ1) is 13.5. The number of hydrogen-bond acceptors (Lipinski definition) is 5. The molecule has 142 valence electrons. The van der Waals surface area contributed by atoms with E-state index in [4.69, 9.17) is 0 Å². The van der Waals surface area contributed by atoms with Gasteiger partial charge in [0.25, 0.3) is 17.7 Å². The van der Waals surface area contributed by atoms with E-state index in [1.54, 1.807) is 61.9 Å². The van der Waals surface area contributed by atoms with E-state index in [9.17, 15) is 14.4 Å². The third kappa shape index (κ3) is 4.41. The molecule has 0 aliphatic rings. The van der Waals surface area contributed by atoms with Crippen LogP contribution in [0.2, 0.25) is 0 Å². The average Bonchev–Trinajstić information content (AvgIpc) is 3.16. The highest BCUT2D eigenvalue weighted by atomic mass is 32.1. The van der Waals surface area contributed by atoms with E-state index in [0.717, 1.165) is 0 Å². The van der Waals surface area contributed by atoms with Gasteiger partial charge in [-0.3, -0.25) is 19.4 Å². The normalized spacial score (nSPS) is 10.2. The van der Waals surface area contributed by atoms with Gasteiger partial charge in [0.2, 0.25) is 0 Å². The fourth-order valence-corrected chi connectivity index (χ4v) is 3.20. The van der Waals surface area contributed by atoms with E-state index in [2.05, 4.69) is 15.6 Å². The van der Waals surface area contributed by atoms with Crippen molar-refractivity contribution in [1.82, 2.24) is 9.88 Å². The Morgan fingerprint density at radius 2 is 1.68 bits per heavy atom. The zero-order chi connectivity index (χ0) is 20.1. The lowest BCUT2D eigenvalue weighted by Gasteiger charge is -2.12. The molecule has 0 bridgehead atoms. The fourth-order valence-electron chi connectivity index (χ4n) is 2.46. The Bertz CT molecular complexity index is 1020. The van der Waals surface area contributed by atoms with Gasteiger partial charge >= 0.3 is 0 Å². The van der Waals surface area contributed by atoms with Crippen molar-refractivity contribution in [2.45, 2.75) is 0 Å². The molecule has 1 aromatic carbocycles. The summed E-state index contributed by atoms with van der Waals surface area (Å²) in [4.78, 5) is 42.8. The molecule has 8 heteroatoms. The molecule has 7 nitrogen and oxygen atoms in total. The van der Waals surface area contributed by atoms with E-state index in [-0.39, 0.29) is 17.7 Å². The van der Waals surface area contributed by atoms with Crippen molar-refractivity contribution in [2.75, 3.05) is 24.7 Å². The van der Waals surface area contributed by atoms with Crippen LogP contribution in [-0.2, 0) is 0 Å². The highest BCUT2D eigenvalue weighted by molar-refractivity contribution is 7.12. The van der Waals surface area contributed by atoms with E-state index >= 15 is 0 Å². The van der Waals surface area contributed by atoms with Gasteiger partial charge in [0.15, 0.2) is 0 Å². The van der Waals surface area contributed by atoms with Crippen LogP contribution in [-0.4, -0.2) is 41.7 Å². The van der Waals surface area contributed by atoms with E-state index in [1.807, 2.05) is 0 Å². The quantitative estimate of drug-likeness (QED) is 0.694. The van der Waals surface area contributed by atoms with Gasteiger partial charge in [-0.05, 0) is 41.8 Å². The number of thiophene rings is 1. The molecule has 2 heterocycles. The highest BCUT2D eigenvalue weighted by Gasteiger charge is 2.17. The molecule has 3 rings (SSSR count). The number of amides is 3. The molecule has 0 saturated heterocycles. The van der Waals surface area contributed by atoms with Crippen molar-refractivity contribution < 1.29 is 14.4 Å². The molecule has 2 N–H and O–H groups in total. The minimum atomic E-state index is -0.366. The summed E-state index contributed by atoms with van der Waals surface area (Å²) in [5.41, 5.74) is 1.84. The summed E-state index contributed by atoms with van der Waals surface area (Å²) in [5, 5.41) is 7.24. The standard InChI is InChI=1S/C20H18N4O3S/c1-24(2)20(27)14-4-3-5-15(12-14)22-19(26)17-16(8-11-28-17)23-18(25)13-6-9-21-10-7-13/h3-12H,1-2H3,(H,22,26)(H,23,25). The molecule has 0 fully saturated rings. The van der Waals surface area contributed by atoms with Gasteiger partial charge in [-0.2, -0.15) is 0 Å². The van der Waals surface area contributed by atoms with Crippen LogP contribution in [0.1, 0.15) is 30.4 Å². The van der Waals surface area contributed by atoms with E-state index in [1.165, 1.54) is 28.6 Å². The summed E-state index contributed by atoms with van der Waals surface area (Å²) >= 11 is 1.22. The topological polar surface area (TPSA) is 91.4 Å². The first-order valence-corrected chi connectivity index (χ1v) is 9.25. The first-order valence-electron chi connectivity index (χ1n) is 8.37.